The van der Waals surface area contributed by atoms with Gasteiger partial charge in [0.05, 0.1) is 11.2 Å². The third-order valence-electron chi connectivity index (χ3n) is 5.57. The molecule has 3 aromatic carbocycles. The van der Waals surface area contributed by atoms with Gasteiger partial charge in [0.2, 0.25) is 0 Å². The Labute approximate surface area is 200 Å². The van der Waals surface area contributed by atoms with Crippen LogP contribution < -0.4 is 20.1 Å². The number of halogens is 1. The van der Waals surface area contributed by atoms with Crippen molar-refractivity contribution in [2.75, 3.05) is 17.2 Å². The van der Waals surface area contributed by atoms with Crippen molar-refractivity contribution in [3.05, 3.63) is 89.4 Å². The van der Waals surface area contributed by atoms with Gasteiger partial charge in [-0.05, 0) is 74.5 Å². The van der Waals surface area contributed by atoms with E-state index in [1.54, 1.807) is 36.4 Å². The minimum atomic E-state index is -0.622. The summed E-state index contributed by atoms with van der Waals surface area (Å²) in [5.41, 5.74) is 2.64. The second-order valence-electron chi connectivity index (χ2n) is 8.36. The highest BCUT2D eigenvalue weighted by molar-refractivity contribution is 6.07. The van der Waals surface area contributed by atoms with Gasteiger partial charge in [-0.1, -0.05) is 6.07 Å². The fourth-order valence-corrected chi connectivity index (χ4v) is 3.78. The lowest BCUT2D eigenvalue weighted by Gasteiger charge is -2.24. The summed E-state index contributed by atoms with van der Waals surface area (Å²) in [6.45, 7) is 4.21. The zero-order valence-corrected chi connectivity index (χ0v) is 19.1. The molecule has 8 heteroatoms. The number of carbonyl (C=O) groups is 2. The van der Waals surface area contributed by atoms with Crippen LogP contribution in [0.5, 0.6) is 11.5 Å². The highest BCUT2D eigenvalue weighted by atomic mass is 19.1. The largest absolute Gasteiger partial charge is 0.486 e. The van der Waals surface area contributed by atoms with E-state index in [0.717, 1.165) is 16.6 Å². The molecule has 1 aromatic heterocycles. The van der Waals surface area contributed by atoms with Gasteiger partial charge in [-0.15, -0.1) is 0 Å². The van der Waals surface area contributed by atoms with E-state index >= 15 is 0 Å². The molecule has 1 atom stereocenters. The molecule has 0 saturated carbocycles. The van der Waals surface area contributed by atoms with Gasteiger partial charge in [-0.2, -0.15) is 0 Å². The van der Waals surface area contributed by atoms with Crippen molar-refractivity contribution in [1.29, 1.82) is 0 Å². The first-order valence-corrected chi connectivity index (χ1v) is 11.1. The summed E-state index contributed by atoms with van der Waals surface area (Å²) in [5.74, 6) is -0.440. The Hall–Kier alpha value is -4.46. The monoisotopic (exact) mass is 471 g/mol. The molecule has 176 valence electrons. The zero-order chi connectivity index (χ0) is 24.5. The second kappa shape index (κ2) is 9.06. The number of nitrogens with one attached hydrogen (secondary N) is 2. The van der Waals surface area contributed by atoms with Crippen LogP contribution in [0.1, 0.15) is 33.3 Å². The van der Waals surface area contributed by atoms with E-state index in [2.05, 4.69) is 15.6 Å². The first-order chi connectivity index (χ1) is 16.9. The molecule has 1 aliphatic rings. The number of aryl methyl sites for hydroxylation is 1. The van der Waals surface area contributed by atoms with Gasteiger partial charge in [-0.25, -0.2) is 4.39 Å². The molecule has 2 amide bonds. The molecule has 0 spiro atoms. The summed E-state index contributed by atoms with van der Waals surface area (Å²) in [6, 6.07) is 17.7. The Bertz CT molecular complexity index is 1470. The highest BCUT2D eigenvalue weighted by Crippen LogP contribution is 2.33. The molecule has 2 N–H and O–H groups in total. The van der Waals surface area contributed by atoms with E-state index in [1.165, 1.54) is 18.2 Å². The zero-order valence-electron chi connectivity index (χ0n) is 19.1. The smallest absolute Gasteiger partial charge is 0.255 e. The van der Waals surface area contributed by atoms with Crippen LogP contribution >= 0.6 is 0 Å². The number of aromatic nitrogens is 1. The molecule has 0 bridgehead atoms. The highest BCUT2D eigenvalue weighted by Gasteiger charge is 2.19. The molecule has 35 heavy (non-hydrogen) atoms. The predicted molar refractivity (Wildman–Crippen MR) is 131 cm³/mol. The van der Waals surface area contributed by atoms with Crippen molar-refractivity contribution in [2.45, 2.75) is 20.0 Å². The average molecular weight is 471 g/mol. The Morgan fingerprint density at radius 3 is 2.54 bits per heavy atom. The minimum Gasteiger partial charge on any atom is -0.486 e. The molecule has 0 radical (unpaired) electrons. The van der Waals surface area contributed by atoms with Gasteiger partial charge < -0.3 is 20.1 Å². The van der Waals surface area contributed by atoms with Crippen molar-refractivity contribution in [2.24, 2.45) is 0 Å². The number of hydrogen-bond donors (Lipinski definition) is 2. The Morgan fingerprint density at radius 2 is 1.69 bits per heavy atom. The van der Waals surface area contributed by atoms with E-state index in [9.17, 15) is 14.0 Å². The fourth-order valence-electron chi connectivity index (χ4n) is 3.78. The summed E-state index contributed by atoms with van der Waals surface area (Å²) in [6.07, 6.45) is -0.118. The number of nitrogens with zero attached hydrogens (tertiary/aromatic N) is 1. The number of hydrogen-bond acceptors (Lipinski definition) is 5. The number of amides is 2. The lowest BCUT2D eigenvalue weighted by Crippen LogP contribution is -2.26. The van der Waals surface area contributed by atoms with Gasteiger partial charge in [0.15, 0.2) is 11.5 Å². The Morgan fingerprint density at radius 1 is 0.914 bits per heavy atom. The van der Waals surface area contributed by atoms with E-state index in [4.69, 9.17) is 9.47 Å². The first kappa shape index (κ1) is 22.3. The van der Waals surface area contributed by atoms with Crippen molar-refractivity contribution in [3.63, 3.8) is 0 Å². The molecule has 5 rings (SSSR count). The maximum Gasteiger partial charge on any atom is 0.255 e. The second-order valence-corrected chi connectivity index (χ2v) is 8.36. The summed E-state index contributed by atoms with van der Waals surface area (Å²) >= 11 is 0. The Kier molecular flexibility index (Phi) is 5.78. The molecule has 1 unspecified atom stereocenters. The molecule has 2 heterocycles. The first-order valence-electron chi connectivity index (χ1n) is 11.1. The van der Waals surface area contributed by atoms with E-state index < -0.39 is 17.6 Å². The van der Waals surface area contributed by atoms with Crippen LogP contribution in [0, 0.1) is 12.7 Å². The fraction of sp³-hybridized carbons (Fsp3) is 0.148. The summed E-state index contributed by atoms with van der Waals surface area (Å²) < 4.78 is 25.8. The molecule has 7 nitrogen and oxygen atoms in total. The molecule has 1 aliphatic heterocycles. The van der Waals surface area contributed by atoms with Crippen LogP contribution in [-0.4, -0.2) is 29.5 Å². The molecular weight excluding hydrogens is 449 g/mol. The predicted octanol–water partition coefficient (Wildman–Crippen LogP) is 5.35. The van der Waals surface area contributed by atoms with Crippen molar-refractivity contribution in [1.82, 2.24) is 4.98 Å². The topological polar surface area (TPSA) is 89.6 Å². The lowest BCUT2D eigenvalue weighted by atomic mass is 10.1. The van der Waals surface area contributed by atoms with Crippen LogP contribution in [-0.2, 0) is 0 Å². The molecule has 0 fully saturated rings. The van der Waals surface area contributed by atoms with E-state index in [0.29, 0.717) is 34.9 Å². The number of pyridine rings is 1. The number of ether oxygens (including phenoxy) is 2. The third-order valence-corrected chi connectivity index (χ3v) is 5.57. The number of carbonyl (C=O) groups excluding carboxylic acids is 2. The van der Waals surface area contributed by atoms with Crippen LogP contribution in [0.4, 0.5) is 15.8 Å². The standard InChI is InChI=1S/C27H22FN3O4/c1-15-3-4-17-11-18(5-9-22(17)29-15)27(33)31-23-13-20(7-8-21(23)28)30-26(32)19-6-10-24-25(12-19)35-16(2)14-34-24/h3-13,16H,14H2,1-2H3,(H,30,32)(H,31,33). The van der Waals surface area contributed by atoms with Crippen molar-refractivity contribution in [3.8, 4) is 11.5 Å². The maximum atomic E-state index is 14.5. The average Bonchev–Trinajstić information content (AvgIpc) is 2.85. The van der Waals surface area contributed by atoms with Crippen molar-refractivity contribution < 1.29 is 23.5 Å². The maximum absolute atomic E-state index is 14.5. The molecule has 0 aliphatic carbocycles. The third kappa shape index (κ3) is 4.77. The van der Waals surface area contributed by atoms with Crippen LogP contribution in [0.25, 0.3) is 10.9 Å². The summed E-state index contributed by atoms with van der Waals surface area (Å²) in [5, 5.41) is 6.11. The SMILES string of the molecule is Cc1ccc2cc(C(=O)Nc3cc(NC(=O)c4ccc5c(c4)OC(C)CO5)ccc3F)ccc2n1. The van der Waals surface area contributed by atoms with Crippen molar-refractivity contribution >= 4 is 34.1 Å². The van der Waals surface area contributed by atoms with Gasteiger partial charge >= 0.3 is 0 Å². The normalized spacial score (nSPS) is 14.4. The molecule has 4 aromatic rings. The van der Waals surface area contributed by atoms with Crippen LogP contribution in [0.15, 0.2) is 66.7 Å². The summed E-state index contributed by atoms with van der Waals surface area (Å²) in [7, 11) is 0. The summed E-state index contributed by atoms with van der Waals surface area (Å²) in [4.78, 5) is 30.0. The lowest BCUT2D eigenvalue weighted by molar-refractivity contribution is 0.0998. The van der Waals surface area contributed by atoms with E-state index in [-0.39, 0.29) is 11.8 Å². The van der Waals surface area contributed by atoms with Gasteiger partial charge in [0, 0.05) is 27.9 Å². The van der Waals surface area contributed by atoms with Gasteiger partial charge in [-0.3, -0.25) is 14.6 Å². The quantitative estimate of drug-likeness (QED) is 0.419. The minimum absolute atomic E-state index is 0.0501. The van der Waals surface area contributed by atoms with Crippen LogP contribution in [0.2, 0.25) is 0 Å². The molecule has 0 saturated heterocycles. The number of rotatable bonds is 4. The van der Waals surface area contributed by atoms with E-state index in [1.807, 2.05) is 26.0 Å². The van der Waals surface area contributed by atoms with Gasteiger partial charge in [0.1, 0.15) is 18.5 Å². The van der Waals surface area contributed by atoms with Gasteiger partial charge in [0.25, 0.3) is 11.8 Å². The Balaban J connectivity index is 1.32. The number of fused-ring (bicyclic) bond motifs is 2. The molecular formula is C27H22FN3O4. The number of anilines is 2. The number of benzene rings is 3. The van der Waals surface area contributed by atoms with Crippen LogP contribution in [0.3, 0.4) is 0 Å².